The Hall–Kier alpha value is -3.42. The number of anilines is 2. The van der Waals surface area contributed by atoms with Gasteiger partial charge in [-0.3, -0.25) is 14.3 Å². The Morgan fingerprint density at radius 3 is 2.74 bits per heavy atom. The first-order valence-electron chi connectivity index (χ1n) is 8.40. The van der Waals surface area contributed by atoms with E-state index in [1.807, 2.05) is 0 Å². The van der Waals surface area contributed by atoms with Crippen LogP contribution in [0.5, 0.6) is 5.75 Å². The fourth-order valence-electron chi connectivity index (χ4n) is 2.59. The van der Waals surface area contributed by atoms with Gasteiger partial charge in [0.05, 0.1) is 36.2 Å². The predicted molar refractivity (Wildman–Crippen MR) is 105 cm³/mol. The Kier molecular flexibility index (Phi) is 4.81. The molecule has 0 fully saturated rings. The second kappa shape index (κ2) is 7.06. The molecule has 0 spiro atoms. The van der Waals surface area contributed by atoms with Crippen molar-refractivity contribution in [2.45, 2.75) is 26.3 Å². The van der Waals surface area contributed by atoms with Crippen LogP contribution in [0.4, 0.5) is 11.5 Å². The highest BCUT2D eigenvalue weighted by Gasteiger charge is 2.15. The maximum absolute atomic E-state index is 11.7. The molecule has 0 bridgehead atoms. The molecule has 0 unspecified atom stereocenters. The largest absolute Gasteiger partial charge is 0.494 e. The van der Waals surface area contributed by atoms with Gasteiger partial charge in [0.1, 0.15) is 17.9 Å². The van der Waals surface area contributed by atoms with Crippen LogP contribution in [-0.2, 0) is 4.79 Å². The van der Waals surface area contributed by atoms with Gasteiger partial charge in [0.2, 0.25) is 5.91 Å². The molecule has 8 nitrogen and oxygen atoms in total. The van der Waals surface area contributed by atoms with Gasteiger partial charge in [-0.1, -0.05) is 6.58 Å². The minimum atomic E-state index is -0.324. The van der Waals surface area contributed by atoms with Crippen LogP contribution in [-0.4, -0.2) is 38.1 Å². The van der Waals surface area contributed by atoms with E-state index >= 15 is 0 Å². The van der Waals surface area contributed by atoms with Crippen molar-refractivity contribution < 1.29 is 9.53 Å². The second-order valence-electron chi connectivity index (χ2n) is 6.99. The summed E-state index contributed by atoms with van der Waals surface area (Å²) in [5.74, 6) is 1.46. The number of hydrogen-bond donors (Lipinski definition) is 2. The summed E-state index contributed by atoms with van der Waals surface area (Å²) < 4.78 is 7.16. The maximum atomic E-state index is 11.7. The fraction of sp³-hybridized carbons (Fsp3) is 0.263. The molecule has 140 valence electrons. The average Bonchev–Trinajstić information content (AvgIpc) is 3.02. The molecule has 0 radical (unpaired) electrons. The first-order valence-corrected chi connectivity index (χ1v) is 8.40. The lowest BCUT2D eigenvalue weighted by Crippen LogP contribution is -2.26. The van der Waals surface area contributed by atoms with Crippen molar-refractivity contribution in [1.29, 1.82) is 0 Å². The van der Waals surface area contributed by atoms with E-state index in [0.717, 1.165) is 5.52 Å². The molecule has 0 aliphatic rings. The number of imidazole rings is 1. The van der Waals surface area contributed by atoms with Crippen LogP contribution in [0, 0.1) is 0 Å². The lowest BCUT2D eigenvalue weighted by Gasteiger charge is -2.21. The number of fused-ring (bicyclic) bond motifs is 1. The number of aromatic nitrogens is 4. The zero-order chi connectivity index (χ0) is 19.6. The Labute approximate surface area is 157 Å². The second-order valence-corrected chi connectivity index (χ2v) is 6.99. The highest BCUT2D eigenvalue weighted by atomic mass is 16.5. The van der Waals surface area contributed by atoms with E-state index < -0.39 is 0 Å². The summed E-state index contributed by atoms with van der Waals surface area (Å²) in [6.45, 7) is 9.62. The third-order valence-corrected chi connectivity index (χ3v) is 3.68. The number of carbonyl (C=O) groups excluding carboxylic acids is 1. The first kappa shape index (κ1) is 18.4. The molecule has 0 saturated carbocycles. The van der Waals surface area contributed by atoms with Crippen molar-refractivity contribution in [2.75, 3.05) is 17.7 Å². The van der Waals surface area contributed by atoms with E-state index in [1.54, 1.807) is 35.4 Å². The zero-order valence-electron chi connectivity index (χ0n) is 15.8. The topological polar surface area (TPSA) is 94.0 Å². The van der Waals surface area contributed by atoms with E-state index in [9.17, 15) is 4.79 Å². The van der Waals surface area contributed by atoms with Crippen LogP contribution in [0.25, 0.3) is 16.9 Å². The molecule has 0 atom stereocenters. The van der Waals surface area contributed by atoms with Gasteiger partial charge in [0, 0.05) is 11.6 Å². The highest BCUT2D eigenvalue weighted by molar-refractivity contribution is 6.01. The normalized spacial score (nSPS) is 11.3. The van der Waals surface area contributed by atoms with E-state index in [-0.39, 0.29) is 11.4 Å². The molecule has 0 saturated heterocycles. The molecule has 8 heteroatoms. The lowest BCUT2D eigenvalue weighted by atomic mass is 10.1. The van der Waals surface area contributed by atoms with Gasteiger partial charge in [-0.05, 0) is 32.9 Å². The summed E-state index contributed by atoms with van der Waals surface area (Å²) in [6, 6.07) is 3.54. The number of methoxy groups -OCH3 is 1. The number of nitrogens with zero attached hydrogens (tertiary/aromatic N) is 4. The summed E-state index contributed by atoms with van der Waals surface area (Å²) in [4.78, 5) is 25.0. The van der Waals surface area contributed by atoms with Crippen molar-refractivity contribution in [3.8, 4) is 11.6 Å². The van der Waals surface area contributed by atoms with Crippen molar-refractivity contribution >= 4 is 28.4 Å². The minimum Gasteiger partial charge on any atom is -0.494 e. The smallest absolute Gasteiger partial charge is 0.247 e. The SMILES string of the molecule is C=CC(=O)Nc1cc2c(cc1OC)ncn2-c1cncc(NC(C)(C)C)n1. The Bertz CT molecular complexity index is 1000. The molecule has 2 heterocycles. The number of rotatable bonds is 5. The molecular formula is C19H22N6O2. The van der Waals surface area contributed by atoms with Gasteiger partial charge in [-0.15, -0.1) is 0 Å². The van der Waals surface area contributed by atoms with E-state index in [2.05, 4.69) is 52.9 Å². The lowest BCUT2D eigenvalue weighted by molar-refractivity contribution is -0.111. The van der Waals surface area contributed by atoms with E-state index in [0.29, 0.717) is 28.6 Å². The predicted octanol–water partition coefficient (Wildman–Crippen LogP) is 3.16. The van der Waals surface area contributed by atoms with Crippen LogP contribution in [0.3, 0.4) is 0 Å². The number of amides is 1. The molecule has 27 heavy (non-hydrogen) atoms. The molecule has 3 rings (SSSR count). The first-order chi connectivity index (χ1) is 12.8. The third-order valence-electron chi connectivity index (χ3n) is 3.68. The van der Waals surface area contributed by atoms with Gasteiger partial charge < -0.3 is 15.4 Å². The Morgan fingerprint density at radius 2 is 2.07 bits per heavy atom. The van der Waals surface area contributed by atoms with Crippen molar-refractivity contribution in [3.05, 3.63) is 43.5 Å². The summed E-state index contributed by atoms with van der Waals surface area (Å²) in [6.07, 6.45) is 6.19. The van der Waals surface area contributed by atoms with Crippen LogP contribution in [0.15, 0.2) is 43.5 Å². The Balaban J connectivity index is 2.07. The highest BCUT2D eigenvalue weighted by Crippen LogP contribution is 2.31. The summed E-state index contributed by atoms with van der Waals surface area (Å²) in [5, 5.41) is 6.04. The van der Waals surface area contributed by atoms with Crippen molar-refractivity contribution in [2.24, 2.45) is 0 Å². The number of benzene rings is 1. The number of hydrogen-bond acceptors (Lipinski definition) is 6. The summed E-state index contributed by atoms with van der Waals surface area (Å²) in [7, 11) is 1.54. The van der Waals surface area contributed by atoms with Gasteiger partial charge in [-0.25, -0.2) is 9.97 Å². The summed E-state index contributed by atoms with van der Waals surface area (Å²) >= 11 is 0. The number of ether oxygens (including phenoxy) is 1. The minimum absolute atomic E-state index is 0.139. The zero-order valence-corrected chi connectivity index (χ0v) is 15.8. The van der Waals surface area contributed by atoms with E-state index in [1.165, 1.54) is 13.2 Å². The molecule has 3 aromatic rings. The average molecular weight is 366 g/mol. The third kappa shape index (κ3) is 4.05. The molecule has 2 aromatic heterocycles. The van der Waals surface area contributed by atoms with Crippen LogP contribution >= 0.6 is 0 Å². The fourth-order valence-corrected chi connectivity index (χ4v) is 2.59. The quantitative estimate of drug-likeness (QED) is 0.674. The summed E-state index contributed by atoms with van der Waals surface area (Å²) in [5.41, 5.74) is 1.85. The molecule has 0 aliphatic carbocycles. The van der Waals surface area contributed by atoms with Crippen LogP contribution < -0.4 is 15.4 Å². The molecule has 1 aromatic carbocycles. The van der Waals surface area contributed by atoms with Gasteiger partial charge in [0.15, 0.2) is 5.82 Å². The molecule has 2 N–H and O–H groups in total. The van der Waals surface area contributed by atoms with Gasteiger partial charge >= 0.3 is 0 Å². The molecule has 1 amide bonds. The monoisotopic (exact) mass is 366 g/mol. The molecule has 0 aliphatic heterocycles. The van der Waals surface area contributed by atoms with Gasteiger partial charge in [-0.2, -0.15) is 0 Å². The van der Waals surface area contributed by atoms with Crippen molar-refractivity contribution in [3.63, 3.8) is 0 Å². The van der Waals surface area contributed by atoms with Crippen LogP contribution in [0.2, 0.25) is 0 Å². The maximum Gasteiger partial charge on any atom is 0.247 e. The van der Waals surface area contributed by atoms with E-state index in [4.69, 9.17) is 4.74 Å². The number of nitrogens with one attached hydrogen (secondary N) is 2. The number of carbonyl (C=O) groups is 1. The Morgan fingerprint density at radius 1 is 1.30 bits per heavy atom. The standard InChI is InChI=1S/C19H22N6O2/c1-6-18(26)22-13-7-14-12(8-15(13)27-5)21-11-25(14)17-10-20-9-16(23-17)24-19(2,3)4/h6-11H,1H2,2-5H3,(H,22,26)(H,23,24). The van der Waals surface area contributed by atoms with Gasteiger partial charge in [0.25, 0.3) is 0 Å². The van der Waals surface area contributed by atoms with Crippen LogP contribution in [0.1, 0.15) is 20.8 Å². The molecular weight excluding hydrogens is 344 g/mol. The van der Waals surface area contributed by atoms with Crippen molar-refractivity contribution in [1.82, 2.24) is 19.5 Å².